The van der Waals surface area contributed by atoms with Gasteiger partial charge in [0.2, 0.25) is 0 Å². The van der Waals surface area contributed by atoms with Crippen molar-refractivity contribution in [3.63, 3.8) is 0 Å². The molecule has 0 aliphatic rings. The number of hydrogen-bond acceptors (Lipinski definition) is 4. The van der Waals surface area contributed by atoms with E-state index in [2.05, 4.69) is 17.6 Å². The van der Waals surface area contributed by atoms with Crippen molar-refractivity contribution in [1.82, 2.24) is 10.6 Å². The molecule has 2 rings (SSSR count). The first-order chi connectivity index (χ1) is 12.5. The largest absolute Gasteiger partial charge is 0.493 e. The number of ether oxygens (including phenoxy) is 3. The van der Waals surface area contributed by atoms with Crippen molar-refractivity contribution in [2.24, 2.45) is 0 Å². The van der Waals surface area contributed by atoms with E-state index in [-0.39, 0.29) is 6.03 Å². The zero-order valence-electron chi connectivity index (χ0n) is 15.7. The maximum absolute atomic E-state index is 11.9. The van der Waals surface area contributed by atoms with E-state index >= 15 is 0 Å². The van der Waals surface area contributed by atoms with Crippen molar-refractivity contribution in [1.29, 1.82) is 0 Å². The monoisotopic (exact) mass is 358 g/mol. The van der Waals surface area contributed by atoms with Crippen LogP contribution in [0.2, 0.25) is 0 Å². The maximum Gasteiger partial charge on any atom is 0.315 e. The summed E-state index contributed by atoms with van der Waals surface area (Å²) in [6.07, 6.45) is 0. The van der Waals surface area contributed by atoms with E-state index in [1.807, 2.05) is 43.3 Å². The number of benzene rings is 2. The van der Waals surface area contributed by atoms with E-state index in [0.29, 0.717) is 31.2 Å². The van der Waals surface area contributed by atoms with E-state index in [9.17, 15) is 4.79 Å². The highest BCUT2D eigenvalue weighted by atomic mass is 16.5. The lowest BCUT2D eigenvalue weighted by Gasteiger charge is -2.12. The smallest absolute Gasteiger partial charge is 0.315 e. The van der Waals surface area contributed by atoms with Crippen LogP contribution in [0.25, 0.3) is 0 Å². The Hall–Kier alpha value is -2.89. The summed E-state index contributed by atoms with van der Waals surface area (Å²) in [7, 11) is 3.17. The molecule has 2 aromatic rings. The molecule has 140 valence electrons. The number of rotatable bonds is 8. The molecule has 0 aliphatic heterocycles. The van der Waals surface area contributed by atoms with Gasteiger partial charge >= 0.3 is 6.03 Å². The Kier molecular flexibility index (Phi) is 7.14. The van der Waals surface area contributed by atoms with Gasteiger partial charge in [-0.25, -0.2) is 4.79 Å². The first-order valence-corrected chi connectivity index (χ1v) is 8.46. The van der Waals surface area contributed by atoms with Gasteiger partial charge in [0.1, 0.15) is 12.4 Å². The van der Waals surface area contributed by atoms with Crippen LogP contribution in [0.15, 0.2) is 36.4 Å². The maximum atomic E-state index is 11.9. The number of carbonyl (C=O) groups excluding carboxylic acids is 1. The van der Waals surface area contributed by atoms with Gasteiger partial charge in [-0.05, 0) is 54.8 Å². The van der Waals surface area contributed by atoms with Gasteiger partial charge in [0, 0.05) is 6.54 Å². The van der Waals surface area contributed by atoms with Crippen LogP contribution in [0.1, 0.15) is 16.7 Å². The molecule has 0 aliphatic carbocycles. The summed E-state index contributed by atoms with van der Waals surface area (Å²) in [4.78, 5) is 11.9. The van der Waals surface area contributed by atoms with Crippen molar-refractivity contribution in [3.8, 4) is 17.2 Å². The molecule has 0 spiro atoms. The molecule has 0 heterocycles. The van der Waals surface area contributed by atoms with E-state index in [1.54, 1.807) is 14.2 Å². The van der Waals surface area contributed by atoms with Crippen molar-refractivity contribution < 1.29 is 19.0 Å². The summed E-state index contributed by atoms with van der Waals surface area (Å²) in [6.45, 7) is 5.33. The minimum absolute atomic E-state index is 0.247. The average molecular weight is 358 g/mol. The Bertz CT molecular complexity index is 747. The molecular weight excluding hydrogens is 332 g/mol. The lowest BCUT2D eigenvalue weighted by Crippen LogP contribution is -2.37. The molecule has 0 unspecified atom stereocenters. The second kappa shape index (κ2) is 9.56. The molecule has 0 aromatic heterocycles. The van der Waals surface area contributed by atoms with E-state index in [0.717, 1.165) is 11.3 Å². The number of urea groups is 1. The van der Waals surface area contributed by atoms with Gasteiger partial charge < -0.3 is 24.8 Å². The first kappa shape index (κ1) is 19.4. The summed E-state index contributed by atoms with van der Waals surface area (Å²) >= 11 is 0. The lowest BCUT2D eigenvalue weighted by atomic mass is 10.1. The Labute approximate surface area is 154 Å². The van der Waals surface area contributed by atoms with Gasteiger partial charge in [0.15, 0.2) is 11.5 Å². The quantitative estimate of drug-likeness (QED) is 0.711. The molecule has 26 heavy (non-hydrogen) atoms. The minimum Gasteiger partial charge on any atom is -0.493 e. The van der Waals surface area contributed by atoms with Crippen LogP contribution in [-0.4, -0.2) is 33.4 Å². The van der Waals surface area contributed by atoms with Crippen LogP contribution in [0.4, 0.5) is 4.79 Å². The highest BCUT2D eigenvalue weighted by molar-refractivity contribution is 5.73. The Morgan fingerprint density at radius 1 is 0.923 bits per heavy atom. The van der Waals surface area contributed by atoms with Crippen LogP contribution in [0.5, 0.6) is 17.2 Å². The second-order valence-corrected chi connectivity index (χ2v) is 5.89. The third kappa shape index (κ3) is 5.58. The van der Waals surface area contributed by atoms with E-state index in [4.69, 9.17) is 14.2 Å². The number of methoxy groups -OCH3 is 2. The van der Waals surface area contributed by atoms with Crippen LogP contribution in [0.3, 0.4) is 0 Å². The number of hydrogen-bond donors (Lipinski definition) is 2. The number of amides is 2. The van der Waals surface area contributed by atoms with Crippen molar-refractivity contribution >= 4 is 6.03 Å². The molecule has 0 radical (unpaired) electrons. The number of nitrogens with one attached hydrogen (secondary N) is 2. The molecule has 0 saturated carbocycles. The standard InChI is InChI=1S/C20H26N2O4/c1-14-5-7-17(11-15(14)2)26-10-9-21-20(23)22-13-16-6-8-18(24-3)19(12-16)25-4/h5-8,11-12H,9-10,13H2,1-4H3,(H2,21,22,23). The third-order valence-electron chi connectivity index (χ3n) is 4.04. The topological polar surface area (TPSA) is 68.8 Å². The third-order valence-corrected chi connectivity index (χ3v) is 4.04. The van der Waals surface area contributed by atoms with Crippen molar-refractivity contribution in [2.75, 3.05) is 27.4 Å². The molecule has 0 bridgehead atoms. The van der Waals surface area contributed by atoms with Crippen LogP contribution in [0, 0.1) is 13.8 Å². The van der Waals surface area contributed by atoms with Gasteiger partial charge in [0.05, 0.1) is 20.8 Å². The lowest BCUT2D eigenvalue weighted by molar-refractivity contribution is 0.236. The van der Waals surface area contributed by atoms with Crippen molar-refractivity contribution in [2.45, 2.75) is 20.4 Å². The van der Waals surface area contributed by atoms with E-state index in [1.165, 1.54) is 11.1 Å². The van der Waals surface area contributed by atoms with Gasteiger partial charge in [0.25, 0.3) is 0 Å². The van der Waals surface area contributed by atoms with E-state index < -0.39 is 0 Å². The molecule has 2 amide bonds. The van der Waals surface area contributed by atoms with Crippen LogP contribution < -0.4 is 24.8 Å². The normalized spacial score (nSPS) is 10.2. The highest BCUT2D eigenvalue weighted by Gasteiger charge is 2.06. The molecule has 2 aromatic carbocycles. The fourth-order valence-corrected chi connectivity index (χ4v) is 2.37. The summed E-state index contributed by atoms with van der Waals surface area (Å²) in [5.74, 6) is 2.10. The summed E-state index contributed by atoms with van der Waals surface area (Å²) in [6, 6.07) is 11.2. The molecule has 6 nitrogen and oxygen atoms in total. The highest BCUT2D eigenvalue weighted by Crippen LogP contribution is 2.27. The summed E-state index contributed by atoms with van der Waals surface area (Å²) in [5, 5.41) is 5.57. The van der Waals surface area contributed by atoms with Crippen LogP contribution in [-0.2, 0) is 6.54 Å². The number of aryl methyl sites for hydroxylation is 2. The minimum atomic E-state index is -0.247. The fourth-order valence-electron chi connectivity index (χ4n) is 2.37. The molecule has 0 atom stereocenters. The zero-order chi connectivity index (χ0) is 18.9. The van der Waals surface area contributed by atoms with Crippen LogP contribution >= 0.6 is 0 Å². The van der Waals surface area contributed by atoms with Gasteiger partial charge in [-0.15, -0.1) is 0 Å². The van der Waals surface area contributed by atoms with Crippen molar-refractivity contribution in [3.05, 3.63) is 53.1 Å². The predicted octanol–water partition coefficient (Wildman–Crippen LogP) is 3.20. The molecular formula is C20H26N2O4. The Balaban J connectivity index is 1.71. The first-order valence-electron chi connectivity index (χ1n) is 8.46. The molecule has 6 heteroatoms. The Morgan fingerprint density at radius 2 is 1.69 bits per heavy atom. The molecule has 0 fully saturated rings. The summed E-state index contributed by atoms with van der Waals surface area (Å²) < 4.78 is 16.1. The fraction of sp³-hybridized carbons (Fsp3) is 0.350. The Morgan fingerprint density at radius 3 is 2.38 bits per heavy atom. The SMILES string of the molecule is COc1ccc(CNC(=O)NCCOc2ccc(C)c(C)c2)cc1OC. The van der Waals surface area contributed by atoms with Gasteiger partial charge in [-0.3, -0.25) is 0 Å². The van der Waals surface area contributed by atoms with Gasteiger partial charge in [-0.2, -0.15) is 0 Å². The summed E-state index contributed by atoms with van der Waals surface area (Å²) in [5.41, 5.74) is 3.33. The van der Waals surface area contributed by atoms with Gasteiger partial charge in [-0.1, -0.05) is 12.1 Å². The number of carbonyl (C=O) groups is 1. The zero-order valence-corrected chi connectivity index (χ0v) is 15.7. The predicted molar refractivity (Wildman–Crippen MR) is 101 cm³/mol. The molecule has 0 saturated heterocycles. The molecule has 2 N–H and O–H groups in total. The second-order valence-electron chi connectivity index (χ2n) is 5.89. The average Bonchev–Trinajstić information content (AvgIpc) is 2.66.